The molecule has 0 aliphatic rings. The van der Waals surface area contributed by atoms with Crippen molar-refractivity contribution in [1.29, 1.82) is 0 Å². The molecule has 0 radical (unpaired) electrons. The van der Waals surface area contributed by atoms with E-state index in [1.54, 1.807) is 11.0 Å². The van der Waals surface area contributed by atoms with E-state index in [0.717, 1.165) is 37.3 Å². The number of nitrogens with one attached hydrogen (secondary N) is 1. The van der Waals surface area contributed by atoms with Crippen LogP contribution in [0.25, 0.3) is 0 Å². The Morgan fingerprint density at radius 2 is 2.05 bits per heavy atom. The van der Waals surface area contributed by atoms with E-state index in [2.05, 4.69) is 17.2 Å². The summed E-state index contributed by atoms with van der Waals surface area (Å²) in [4.78, 5) is 18.8. The standard InChI is InChI=1S/C16H27N3O2/c1-4-7-8-19(9-10-20)16(21)13-11-14(5-2)18-15(12-13)17-6-3/h11-12,20H,4-10H2,1-3H3,(H,17,18). The average molecular weight is 293 g/mol. The van der Waals surface area contributed by atoms with Gasteiger partial charge in [0, 0.05) is 30.9 Å². The second-order valence-electron chi connectivity index (χ2n) is 4.99. The van der Waals surface area contributed by atoms with E-state index in [1.807, 2.05) is 19.9 Å². The summed E-state index contributed by atoms with van der Waals surface area (Å²) in [6, 6.07) is 3.64. The Bertz CT molecular complexity index is 449. The van der Waals surface area contributed by atoms with E-state index in [4.69, 9.17) is 5.11 Å². The molecule has 0 aliphatic carbocycles. The van der Waals surface area contributed by atoms with Gasteiger partial charge in [0.15, 0.2) is 0 Å². The quantitative estimate of drug-likeness (QED) is 0.733. The summed E-state index contributed by atoms with van der Waals surface area (Å²) in [7, 11) is 0. The Morgan fingerprint density at radius 1 is 1.29 bits per heavy atom. The number of carbonyl (C=O) groups is 1. The summed E-state index contributed by atoms with van der Waals surface area (Å²) in [5.41, 5.74) is 1.54. The first-order chi connectivity index (χ1) is 10.2. The molecule has 0 saturated carbocycles. The topological polar surface area (TPSA) is 65.5 Å². The van der Waals surface area contributed by atoms with Gasteiger partial charge in [-0.25, -0.2) is 4.98 Å². The molecule has 0 saturated heterocycles. The van der Waals surface area contributed by atoms with Crippen LogP contribution in [-0.2, 0) is 6.42 Å². The predicted octanol–water partition coefficient (Wildman–Crippen LogP) is 2.31. The molecule has 0 aromatic carbocycles. The Kier molecular flexibility index (Phi) is 7.75. The first kappa shape index (κ1) is 17.4. The second kappa shape index (κ2) is 9.34. The van der Waals surface area contributed by atoms with Gasteiger partial charge < -0.3 is 15.3 Å². The van der Waals surface area contributed by atoms with Gasteiger partial charge in [-0.2, -0.15) is 0 Å². The number of hydrogen-bond acceptors (Lipinski definition) is 4. The van der Waals surface area contributed by atoms with E-state index in [9.17, 15) is 4.79 Å². The normalized spacial score (nSPS) is 10.5. The van der Waals surface area contributed by atoms with Gasteiger partial charge in [-0.3, -0.25) is 4.79 Å². The van der Waals surface area contributed by atoms with Gasteiger partial charge >= 0.3 is 0 Å². The summed E-state index contributed by atoms with van der Waals surface area (Å²) >= 11 is 0. The fraction of sp³-hybridized carbons (Fsp3) is 0.625. The summed E-state index contributed by atoms with van der Waals surface area (Å²) < 4.78 is 0. The molecular weight excluding hydrogens is 266 g/mol. The van der Waals surface area contributed by atoms with Gasteiger partial charge in [0.1, 0.15) is 5.82 Å². The first-order valence-electron chi connectivity index (χ1n) is 7.81. The van der Waals surface area contributed by atoms with Crippen LogP contribution in [0.4, 0.5) is 5.82 Å². The number of pyridine rings is 1. The molecule has 0 fully saturated rings. The number of carbonyl (C=O) groups excluding carboxylic acids is 1. The van der Waals surface area contributed by atoms with Crippen LogP contribution >= 0.6 is 0 Å². The van der Waals surface area contributed by atoms with E-state index < -0.39 is 0 Å². The number of aromatic nitrogens is 1. The zero-order valence-electron chi connectivity index (χ0n) is 13.4. The van der Waals surface area contributed by atoms with Crippen molar-refractivity contribution in [2.45, 2.75) is 40.0 Å². The number of amides is 1. The van der Waals surface area contributed by atoms with Crippen LogP contribution in [0.3, 0.4) is 0 Å². The molecule has 1 aromatic rings. The van der Waals surface area contributed by atoms with Gasteiger partial charge in [0.05, 0.1) is 6.61 Å². The maximum absolute atomic E-state index is 12.6. The van der Waals surface area contributed by atoms with Crippen LogP contribution in [0.1, 0.15) is 49.7 Å². The van der Waals surface area contributed by atoms with E-state index in [-0.39, 0.29) is 12.5 Å². The van der Waals surface area contributed by atoms with Crippen LogP contribution in [0.15, 0.2) is 12.1 Å². The predicted molar refractivity (Wildman–Crippen MR) is 85.7 cm³/mol. The molecule has 0 unspecified atom stereocenters. The Labute approximate surface area is 127 Å². The van der Waals surface area contributed by atoms with Crippen molar-refractivity contribution < 1.29 is 9.90 Å². The van der Waals surface area contributed by atoms with Crippen molar-refractivity contribution in [2.24, 2.45) is 0 Å². The molecule has 21 heavy (non-hydrogen) atoms. The summed E-state index contributed by atoms with van der Waals surface area (Å²) in [5, 5.41) is 12.3. The maximum Gasteiger partial charge on any atom is 0.254 e. The van der Waals surface area contributed by atoms with Crippen molar-refractivity contribution in [3.8, 4) is 0 Å². The maximum atomic E-state index is 12.6. The van der Waals surface area contributed by atoms with Gasteiger partial charge in [-0.05, 0) is 31.9 Å². The molecule has 0 bridgehead atoms. The monoisotopic (exact) mass is 293 g/mol. The molecule has 1 heterocycles. The van der Waals surface area contributed by atoms with Crippen LogP contribution < -0.4 is 5.32 Å². The lowest BCUT2D eigenvalue weighted by atomic mass is 10.1. The van der Waals surface area contributed by atoms with Crippen molar-refractivity contribution in [2.75, 3.05) is 31.6 Å². The Balaban J connectivity index is 2.98. The minimum Gasteiger partial charge on any atom is -0.395 e. The SMILES string of the molecule is CCCCN(CCO)C(=O)c1cc(CC)nc(NCC)c1. The number of hydrogen-bond donors (Lipinski definition) is 2. The van der Waals surface area contributed by atoms with E-state index in [0.29, 0.717) is 18.7 Å². The number of rotatable bonds is 9. The third-order valence-corrected chi connectivity index (χ3v) is 3.28. The zero-order chi connectivity index (χ0) is 15.7. The fourth-order valence-electron chi connectivity index (χ4n) is 2.13. The highest BCUT2D eigenvalue weighted by Crippen LogP contribution is 2.14. The third-order valence-electron chi connectivity index (χ3n) is 3.28. The lowest BCUT2D eigenvalue weighted by Crippen LogP contribution is -2.34. The van der Waals surface area contributed by atoms with Crippen molar-refractivity contribution >= 4 is 11.7 Å². The molecule has 0 atom stereocenters. The second-order valence-corrected chi connectivity index (χ2v) is 4.99. The summed E-state index contributed by atoms with van der Waals surface area (Å²) in [6.07, 6.45) is 2.75. The van der Waals surface area contributed by atoms with Crippen molar-refractivity contribution in [3.05, 3.63) is 23.4 Å². The summed E-state index contributed by atoms with van der Waals surface area (Å²) in [5.74, 6) is 0.702. The lowest BCUT2D eigenvalue weighted by molar-refractivity contribution is 0.0719. The van der Waals surface area contributed by atoms with Crippen molar-refractivity contribution in [1.82, 2.24) is 9.88 Å². The number of aryl methyl sites for hydroxylation is 1. The highest BCUT2D eigenvalue weighted by Gasteiger charge is 2.16. The number of aliphatic hydroxyl groups is 1. The van der Waals surface area contributed by atoms with Crippen LogP contribution in [0.2, 0.25) is 0 Å². The molecule has 1 aromatic heterocycles. The average Bonchev–Trinajstić information content (AvgIpc) is 2.50. The first-order valence-corrected chi connectivity index (χ1v) is 7.81. The molecule has 0 spiro atoms. The molecule has 2 N–H and O–H groups in total. The molecule has 0 aliphatic heterocycles. The minimum absolute atomic E-state index is 0.0127. The smallest absolute Gasteiger partial charge is 0.254 e. The molecular formula is C16H27N3O2. The number of aliphatic hydroxyl groups excluding tert-OH is 1. The lowest BCUT2D eigenvalue weighted by Gasteiger charge is -2.22. The molecule has 118 valence electrons. The van der Waals surface area contributed by atoms with E-state index in [1.165, 1.54) is 0 Å². The zero-order valence-corrected chi connectivity index (χ0v) is 13.4. The van der Waals surface area contributed by atoms with Gasteiger partial charge in [-0.1, -0.05) is 20.3 Å². The minimum atomic E-state index is -0.0336. The Hall–Kier alpha value is -1.62. The largest absolute Gasteiger partial charge is 0.395 e. The highest BCUT2D eigenvalue weighted by atomic mass is 16.3. The van der Waals surface area contributed by atoms with E-state index >= 15 is 0 Å². The summed E-state index contributed by atoms with van der Waals surface area (Å²) in [6.45, 7) is 7.92. The third kappa shape index (κ3) is 5.34. The number of nitrogens with zero attached hydrogens (tertiary/aromatic N) is 2. The van der Waals surface area contributed by atoms with Gasteiger partial charge in [-0.15, -0.1) is 0 Å². The molecule has 1 rings (SSSR count). The molecule has 1 amide bonds. The van der Waals surface area contributed by atoms with Gasteiger partial charge in [0.2, 0.25) is 0 Å². The van der Waals surface area contributed by atoms with Crippen molar-refractivity contribution in [3.63, 3.8) is 0 Å². The number of unbranched alkanes of at least 4 members (excludes halogenated alkanes) is 1. The Morgan fingerprint density at radius 3 is 2.62 bits per heavy atom. The van der Waals surface area contributed by atoms with Crippen LogP contribution in [-0.4, -0.2) is 47.1 Å². The molecule has 5 nitrogen and oxygen atoms in total. The van der Waals surface area contributed by atoms with Gasteiger partial charge in [0.25, 0.3) is 5.91 Å². The van der Waals surface area contributed by atoms with Crippen LogP contribution in [0, 0.1) is 0 Å². The highest BCUT2D eigenvalue weighted by molar-refractivity contribution is 5.95. The fourth-order valence-corrected chi connectivity index (χ4v) is 2.13. The number of anilines is 1. The molecule has 5 heteroatoms. The van der Waals surface area contributed by atoms with Crippen LogP contribution in [0.5, 0.6) is 0 Å².